The summed E-state index contributed by atoms with van der Waals surface area (Å²) in [4.78, 5) is 12.4. The average Bonchev–Trinajstić information content (AvgIpc) is 2.68. The van der Waals surface area contributed by atoms with E-state index in [0.29, 0.717) is 19.8 Å². The first-order chi connectivity index (χ1) is 12.6. The molecule has 0 saturated carbocycles. The van der Waals surface area contributed by atoms with E-state index in [2.05, 4.69) is 17.4 Å². The molecular formula is C22H24FNO2. The van der Waals surface area contributed by atoms with Gasteiger partial charge in [0, 0.05) is 31.2 Å². The first kappa shape index (κ1) is 18.3. The molecule has 0 aromatic heterocycles. The van der Waals surface area contributed by atoms with Crippen LogP contribution in [0.2, 0.25) is 0 Å². The van der Waals surface area contributed by atoms with Gasteiger partial charge in [0.2, 0.25) is 5.91 Å². The highest BCUT2D eigenvalue weighted by Crippen LogP contribution is 2.34. The molecule has 26 heavy (non-hydrogen) atoms. The Morgan fingerprint density at radius 2 is 1.77 bits per heavy atom. The van der Waals surface area contributed by atoms with E-state index in [1.54, 1.807) is 18.2 Å². The molecule has 136 valence electrons. The normalized spacial score (nSPS) is 16.9. The summed E-state index contributed by atoms with van der Waals surface area (Å²) >= 11 is 0. The second-order valence-electron chi connectivity index (χ2n) is 6.81. The minimum atomic E-state index is -0.282. The number of hydrogen-bond acceptors (Lipinski definition) is 2. The molecule has 1 aliphatic heterocycles. The quantitative estimate of drug-likeness (QED) is 0.822. The van der Waals surface area contributed by atoms with E-state index in [-0.39, 0.29) is 17.1 Å². The van der Waals surface area contributed by atoms with Crippen LogP contribution in [0, 0.1) is 5.82 Å². The van der Waals surface area contributed by atoms with E-state index in [4.69, 9.17) is 4.74 Å². The third-order valence-electron chi connectivity index (χ3n) is 5.08. The monoisotopic (exact) mass is 353 g/mol. The lowest BCUT2D eigenvalue weighted by Crippen LogP contribution is -2.44. The lowest BCUT2D eigenvalue weighted by molar-refractivity contribution is -0.117. The maximum atomic E-state index is 13.0. The average molecular weight is 353 g/mol. The summed E-state index contributed by atoms with van der Waals surface area (Å²) in [6.45, 7) is 3.84. The summed E-state index contributed by atoms with van der Waals surface area (Å²) in [5, 5.41) is 3.06. The lowest BCUT2D eigenvalue weighted by atomic mass is 9.74. The Hall–Kier alpha value is -2.46. The van der Waals surface area contributed by atoms with Crippen LogP contribution in [-0.2, 0) is 14.9 Å². The highest BCUT2D eigenvalue weighted by Gasteiger charge is 2.34. The molecule has 1 fully saturated rings. The van der Waals surface area contributed by atoms with Crippen molar-refractivity contribution in [3.8, 4) is 0 Å². The molecule has 1 heterocycles. The molecule has 1 aliphatic rings. The smallest absolute Gasteiger partial charge is 0.244 e. The van der Waals surface area contributed by atoms with Crippen LogP contribution in [0.25, 0.3) is 5.57 Å². The molecule has 2 aromatic carbocycles. The molecule has 3 rings (SSSR count). The lowest BCUT2D eigenvalue weighted by Gasteiger charge is -2.37. The molecule has 0 aliphatic carbocycles. The standard InChI is InChI=1S/C22H24FNO2/c1-17(18-7-9-20(23)10-8-18)15-21(25)24-16-22(11-13-26-14-12-22)19-5-3-2-4-6-19/h2-10,15H,11-14,16H2,1H3,(H,24,25)/b17-15+. The van der Waals surface area contributed by atoms with Crippen molar-refractivity contribution in [3.05, 3.63) is 77.6 Å². The number of amides is 1. The SMILES string of the molecule is C/C(=C\C(=O)NCC1(c2ccccc2)CCOCC1)c1ccc(F)cc1. The second kappa shape index (κ2) is 8.28. The first-order valence-electron chi connectivity index (χ1n) is 8.94. The summed E-state index contributed by atoms with van der Waals surface area (Å²) in [6.07, 6.45) is 3.35. The number of carbonyl (C=O) groups is 1. The number of benzene rings is 2. The second-order valence-corrected chi connectivity index (χ2v) is 6.81. The van der Waals surface area contributed by atoms with Crippen molar-refractivity contribution < 1.29 is 13.9 Å². The minimum Gasteiger partial charge on any atom is -0.381 e. The molecule has 3 nitrogen and oxygen atoms in total. The van der Waals surface area contributed by atoms with Crippen LogP contribution in [0.3, 0.4) is 0 Å². The molecule has 0 spiro atoms. The Morgan fingerprint density at radius 1 is 1.12 bits per heavy atom. The van der Waals surface area contributed by atoms with Gasteiger partial charge in [-0.2, -0.15) is 0 Å². The molecule has 1 saturated heterocycles. The molecule has 4 heteroatoms. The van der Waals surface area contributed by atoms with Gasteiger partial charge in [0.1, 0.15) is 5.82 Å². The third-order valence-corrected chi connectivity index (χ3v) is 5.08. The molecule has 0 unspecified atom stereocenters. The zero-order valence-corrected chi connectivity index (χ0v) is 15.0. The molecular weight excluding hydrogens is 329 g/mol. The Kier molecular flexibility index (Phi) is 5.84. The number of hydrogen-bond donors (Lipinski definition) is 1. The highest BCUT2D eigenvalue weighted by atomic mass is 19.1. The van der Waals surface area contributed by atoms with E-state index >= 15 is 0 Å². The van der Waals surface area contributed by atoms with Crippen LogP contribution in [0.1, 0.15) is 30.9 Å². The number of allylic oxidation sites excluding steroid dienone is 1. The summed E-state index contributed by atoms with van der Waals surface area (Å²) in [5.41, 5.74) is 2.80. The fraction of sp³-hybridized carbons (Fsp3) is 0.318. The summed E-state index contributed by atoms with van der Waals surface area (Å²) < 4.78 is 18.6. The Balaban J connectivity index is 1.70. The Morgan fingerprint density at radius 3 is 2.42 bits per heavy atom. The van der Waals surface area contributed by atoms with E-state index in [1.165, 1.54) is 17.7 Å². The maximum absolute atomic E-state index is 13.0. The van der Waals surface area contributed by atoms with Crippen LogP contribution in [0.5, 0.6) is 0 Å². The van der Waals surface area contributed by atoms with Crippen LogP contribution >= 0.6 is 0 Å². The van der Waals surface area contributed by atoms with Gasteiger partial charge in [-0.1, -0.05) is 42.5 Å². The van der Waals surface area contributed by atoms with Crippen LogP contribution in [-0.4, -0.2) is 25.7 Å². The van der Waals surface area contributed by atoms with Crippen molar-refractivity contribution in [2.24, 2.45) is 0 Å². The fourth-order valence-corrected chi connectivity index (χ4v) is 3.42. The van der Waals surface area contributed by atoms with Crippen molar-refractivity contribution in [1.29, 1.82) is 0 Å². The number of carbonyl (C=O) groups excluding carboxylic acids is 1. The van der Waals surface area contributed by atoms with E-state index in [0.717, 1.165) is 24.0 Å². The van der Waals surface area contributed by atoms with Gasteiger partial charge in [-0.15, -0.1) is 0 Å². The van der Waals surface area contributed by atoms with Gasteiger partial charge in [0.05, 0.1) is 0 Å². The highest BCUT2D eigenvalue weighted by molar-refractivity contribution is 5.94. The largest absolute Gasteiger partial charge is 0.381 e. The van der Waals surface area contributed by atoms with Gasteiger partial charge in [-0.05, 0) is 48.6 Å². The minimum absolute atomic E-state index is 0.0905. The van der Waals surface area contributed by atoms with Gasteiger partial charge < -0.3 is 10.1 Å². The Labute approximate surface area is 153 Å². The molecule has 0 radical (unpaired) electrons. The van der Waals surface area contributed by atoms with Crippen molar-refractivity contribution in [3.63, 3.8) is 0 Å². The van der Waals surface area contributed by atoms with Crippen LogP contribution < -0.4 is 5.32 Å². The van der Waals surface area contributed by atoms with Crippen molar-refractivity contribution >= 4 is 11.5 Å². The third kappa shape index (κ3) is 4.38. The topological polar surface area (TPSA) is 38.3 Å². The zero-order chi connectivity index (χ0) is 18.4. The number of nitrogens with one attached hydrogen (secondary N) is 1. The van der Waals surface area contributed by atoms with Gasteiger partial charge in [0.15, 0.2) is 0 Å². The van der Waals surface area contributed by atoms with E-state index in [1.807, 2.05) is 25.1 Å². The molecule has 0 atom stereocenters. The van der Waals surface area contributed by atoms with Crippen LogP contribution in [0.15, 0.2) is 60.7 Å². The van der Waals surface area contributed by atoms with Gasteiger partial charge in [-0.3, -0.25) is 4.79 Å². The maximum Gasteiger partial charge on any atom is 0.244 e. The zero-order valence-electron chi connectivity index (χ0n) is 15.0. The molecule has 2 aromatic rings. The fourth-order valence-electron chi connectivity index (χ4n) is 3.42. The van der Waals surface area contributed by atoms with E-state index < -0.39 is 0 Å². The molecule has 1 N–H and O–H groups in total. The van der Waals surface area contributed by atoms with Crippen molar-refractivity contribution in [1.82, 2.24) is 5.32 Å². The van der Waals surface area contributed by atoms with Crippen molar-refractivity contribution in [2.75, 3.05) is 19.8 Å². The van der Waals surface area contributed by atoms with E-state index in [9.17, 15) is 9.18 Å². The number of rotatable bonds is 5. The summed E-state index contributed by atoms with van der Waals surface area (Å²) in [5.74, 6) is -0.413. The summed E-state index contributed by atoms with van der Waals surface area (Å²) in [6, 6.07) is 16.5. The molecule has 1 amide bonds. The number of ether oxygens (including phenoxy) is 1. The van der Waals surface area contributed by atoms with Crippen molar-refractivity contribution in [2.45, 2.75) is 25.2 Å². The first-order valence-corrected chi connectivity index (χ1v) is 8.94. The number of halogens is 1. The molecule has 0 bridgehead atoms. The Bertz CT molecular complexity index is 762. The van der Waals surface area contributed by atoms with Gasteiger partial charge >= 0.3 is 0 Å². The predicted octanol–water partition coefficient (Wildman–Crippen LogP) is 4.09. The summed E-state index contributed by atoms with van der Waals surface area (Å²) in [7, 11) is 0. The predicted molar refractivity (Wildman–Crippen MR) is 101 cm³/mol. The van der Waals surface area contributed by atoms with Gasteiger partial charge in [-0.25, -0.2) is 4.39 Å². The van der Waals surface area contributed by atoms with Gasteiger partial charge in [0.25, 0.3) is 0 Å². The van der Waals surface area contributed by atoms with Crippen LogP contribution in [0.4, 0.5) is 4.39 Å².